The van der Waals surface area contributed by atoms with Crippen molar-refractivity contribution < 1.29 is 18.7 Å². The van der Waals surface area contributed by atoms with Gasteiger partial charge in [-0.25, -0.2) is 4.39 Å². The van der Waals surface area contributed by atoms with E-state index in [2.05, 4.69) is 6.92 Å². The molecule has 1 aliphatic heterocycles. The van der Waals surface area contributed by atoms with Gasteiger partial charge in [-0.15, -0.1) is 0 Å². The Morgan fingerprint density at radius 2 is 1.90 bits per heavy atom. The predicted octanol–water partition coefficient (Wildman–Crippen LogP) is 6.55. The van der Waals surface area contributed by atoms with Gasteiger partial charge >= 0.3 is 0 Å². The van der Waals surface area contributed by atoms with Crippen LogP contribution in [-0.2, 0) is 13.0 Å². The lowest BCUT2D eigenvalue weighted by molar-refractivity contribution is 0.101. The van der Waals surface area contributed by atoms with Crippen LogP contribution in [0.5, 0.6) is 11.5 Å². The number of carbonyl (C=O) groups is 1. The van der Waals surface area contributed by atoms with Crippen molar-refractivity contribution in [3.8, 4) is 11.5 Å². The molecule has 3 aromatic carbocycles. The Morgan fingerprint density at radius 3 is 2.60 bits per heavy atom. The lowest BCUT2D eigenvalue weighted by atomic mass is 10.0. The molecule has 3 aromatic rings. The number of aryl methyl sites for hydroxylation is 2. The smallest absolute Gasteiger partial charge is 0.232 e. The molecule has 0 bridgehead atoms. The van der Waals surface area contributed by atoms with Crippen LogP contribution in [0.1, 0.15) is 39.5 Å². The van der Waals surface area contributed by atoms with Crippen LogP contribution in [0.4, 0.5) is 4.39 Å². The second-order valence-corrected chi connectivity index (χ2v) is 7.54. The fourth-order valence-corrected chi connectivity index (χ4v) is 3.60. The zero-order valence-electron chi connectivity index (χ0n) is 16.7. The molecule has 3 nitrogen and oxygen atoms in total. The molecule has 0 saturated heterocycles. The fourth-order valence-electron chi connectivity index (χ4n) is 3.39. The molecule has 4 rings (SSSR count). The summed E-state index contributed by atoms with van der Waals surface area (Å²) in [7, 11) is 0. The summed E-state index contributed by atoms with van der Waals surface area (Å²) in [5.41, 5.74) is 3.66. The topological polar surface area (TPSA) is 35.5 Å². The van der Waals surface area contributed by atoms with E-state index in [0.717, 1.165) is 17.5 Å². The minimum Gasteiger partial charge on any atom is -0.489 e. The largest absolute Gasteiger partial charge is 0.489 e. The van der Waals surface area contributed by atoms with Gasteiger partial charge in [-0.2, -0.15) is 0 Å². The first kappa shape index (κ1) is 20.2. The average Bonchev–Trinajstić information content (AvgIpc) is 3.04. The summed E-state index contributed by atoms with van der Waals surface area (Å²) in [6.45, 7) is 3.89. The van der Waals surface area contributed by atoms with E-state index in [1.165, 1.54) is 11.6 Å². The summed E-state index contributed by atoms with van der Waals surface area (Å²) in [4.78, 5) is 12.8. The molecule has 0 amide bonds. The molecule has 0 spiro atoms. The van der Waals surface area contributed by atoms with E-state index in [0.29, 0.717) is 22.1 Å². The summed E-state index contributed by atoms with van der Waals surface area (Å²) in [6.07, 6.45) is 2.69. The molecule has 1 heterocycles. The Bertz CT molecular complexity index is 1130. The molecule has 0 aliphatic carbocycles. The first-order chi connectivity index (χ1) is 14.5. The maximum Gasteiger partial charge on any atom is 0.232 e. The van der Waals surface area contributed by atoms with Crippen molar-refractivity contribution in [3.05, 3.63) is 99.0 Å². The number of benzene rings is 3. The Balaban J connectivity index is 1.57. The van der Waals surface area contributed by atoms with Crippen LogP contribution in [0.25, 0.3) is 6.08 Å². The van der Waals surface area contributed by atoms with Gasteiger partial charge in [0.1, 0.15) is 23.9 Å². The molecule has 30 heavy (non-hydrogen) atoms. The number of rotatable bonds is 5. The Morgan fingerprint density at radius 1 is 1.13 bits per heavy atom. The molecule has 1 aliphatic rings. The van der Waals surface area contributed by atoms with Crippen LogP contribution in [0.15, 0.2) is 60.4 Å². The second kappa shape index (κ2) is 8.33. The number of Topliss-reactive ketones (excluding diaryl/α,β-unsaturated/α-hetero) is 1. The number of ether oxygens (including phenoxy) is 2. The third-order valence-corrected chi connectivity index (χ3v) is 5.43. The Labute approximate surface area is 179 Å². The van der Waals surface area contributed by atoms with Crippen molar-refractivity contribution in [2.24, 2.45) is 0 Å². The lowest BCUT2D eigenvalue weighted by Gasteiger charge is -2.11. The number of fused-ring (bicyclic) bond motifs is 1. The van der Waals surface area contributed by atoms with Crippen molar-refractivity contribution in [3.63, 3.8) is 0 Å². The van der Waals surface area contributed by atoms with E-state index in [1.54, 1.807) is 30.3 Å². The van der Waals surface area contributed by atoms with E-state index in [9.17, 15) is 9.18 Å². The standard InChI is InChI=1S/C25H20ClFO3/c1-3-16-7-9-17(10-8-16)12-23-25(28)24-15(2)11-18(13-22(24)30-23)29-14-19-20(26)5-4-6-21(19)27/h4-13H,3,14H2,1-2H3/b23-12-. The van der Waals surface area contributed by atoms with Crippen LogP contribution in [0.2, 0.25) is 5.02 Å². The molecule has 0 unspecified atom stereocenters. The highest BCUT2D eigenvalue weighted by molar-refractivity contribution is 6.31. The van der Waals surface area contributed by atoms with Gasteiger partial charge in [-0.05, 0) is 54.3 Å². The zero-order valence-corrected chi connectivity index (χ0v) is 17.4. The van der Waals surface area contributed by atoms with E-state index in [1.807, 2.05) is 31.2 Å². The van der Waals surface area contributed by atoms with Crippen LogP contribution < -0.4 is 9.47 Å². The molecule has 0 N–H and O–H groups in total. The van der Waals surface area contributed by atoms with E-state index >= 15 is 0 Å². The molecular weight excluding hydrogens is 403 g/mol. The van der Waals surface area contributed by atoms with Crippen molar-refractivity contribution in [1.29, 1.82) is 0 Å². The van der Waals surface area contributed by atoms with Gasteiger partial charge in [0.25, 0.3) is 0 Å². The minimum absolute atomic E-state index is 0.0237. The van der Waals surface area contributed by atoms with Gasteiger partial charge in [-0.3, -0.25) is 4.79 Å². The average molecular weight is 423 g/mol. The molecule has 0 radical (unpaired) electrons. The highest BCUT2D eigenvalue weighted by atomic mass is 35.5. The second-order valence-electron chi connectivity index (χ2n) is 7.14. The molecule has 0 atom stereocenters. The highest BCUT2D eigenvalue weighted by Crippen LogP contribution is 2.38. The number of carbonyl (C=O) groups excluding carboxylic acids is 1. The number of hydrogen-bond donors (Lipinski definition) is 0. The van der Waals surface area contributed by atoms with E-state index in [-0.39, 0.29) is 23.7 Å². The van der Waals surface area contributed by atoms with Gasteiger partial charge < -0.3 is 9.47 Å². The summed E-state index contributed by atoms with van der Waals surface area (Å²) in [6, 6.07) is 15.9. The van der Waals surface area contributed by atoms with Gasteiger partial charge in [0, 0.05) is 11.6 Å². The van der Waals surface area contributed by atoms with Crippen LogP contribution in [0.3, 0.4) is 0 Å². The predicted molar refractivity (Wildman–Crippen MR) is 116 cm³/mol. The Kier molecular flexibility index (Phi) is 5.60. The molecule has 0 aromatic heterocycles. The maximum absolute atomic E-state index is 14.0. The Hall–Kier alpha value is -3.11. The van der Waals surface area contributed by atoms with Gasteiger partial charge in [0.15, 0.2) is 5.76 Å². The lowest BCUT2D eigenvalue weighted by Crippen LogP contribution is -2.01. The van der Waals surface area contributed by atoms with Gasteiger partial charge in [-0.1, -0.05) is 48.9 Å². The molecule has 152 valence electrons. The van der Waals surface area contributed by atoms with Crippen LogP contribution >= 0.6 is 11.6 Å². The number of allylic oxidation sites excluding steroid dienone is 1. The minimum atomic E-state index is -0.425. The van der Waals surface area contributed by atoms with Gasteiger partial charge in [0.05, 0.1) is 10.6 Å². The zero-order chi connectivity index (χ0) is 21.3. The van der Waals surface area contributed by atoms with Crippen LogP contribution in [-0.4, -0.2) is 5.78 Å². The first-order valence-electron chi connectivity index (χ1n) is 9.69. The first-order valence-corrected chi connectivity index (χ1v) is 10.1. The fraction of sp³-hybridized carbons (Fsp3) is 0.160. The van der Waals surface area contributed by atoms with Crippen molar-refractivity contribution in [2.45, 2.75) is 26.9 Å². The number of halogens is 2. The van der Waals surface area contributed by atoms with Crippen LogP contribution in [0, 0.1) is 12.7 Å². The number of ketones is 1. The normalized spacial score (nSPS) is 14.0. The molecule has 5 heteroatoms. The van der Waals surface area contributed by atoms with Crippen molar-refractivity contribution in [2.75, 3.05) is 0 Å². The summed E-state index contributed by atoms with van der Waals surface area (Å²) < 4.78 is 25.5. The quantitative estimate of drug-likeness (QED) is 0.437. The molecular formula is C25H20ClFO3. The molecule has 0 fully saturated rings. The van der Waals surface area contributed by atoms with Crippen molar-refractivity contribution >= 4 is 23.5 Å². The van der Waals surface area contributed by atoms with Crippen molar-refractivity contribution in [1.82, 2.24) is 0 Å². The summed E-state index contributed by atoms with van der Waals surface area (Å²) in [5.74, 6) is 0.599. The monoisotopic (exact) mass is 422 g/mol. The SMILES string of the molecule is CCc1ccc(/C=C2\Oc3cc(OCc4c(F)cccc4Cl)cc(C)c3C2=O)cc1. The van der Waals surface area contributed by atoms with E-state index in [4.69, 9.17) is 21.1 Å². The van der Waals surface area contributed by atoms with E-state index < -0.39 is 5.82 Å². The summed E-state index contributed by atoms with van der Waals surface area (Å²) >= 11 is 6.06. The highest BCUT2D eigenvalue weighted by Gasteiger charge is 2.30. The molecule has 0 saturated carbocycles. The maximum atomic E-state index is 14.0. The third-order valence-electron chi connectivity index (χ3n) is 5.07. The third kappa shape index (κ3) is 3.96. The summed E-state index contributed by atoms with van der Waals surface area (Å²) in [5, 5.41) is 0.304. The van der Waals surface area contributed by atoms with Gasteiger partial charge in [0.2, 0.25) is 5.78 Å². The number of hydrogen-bond acceptors (Lipinski definition) is 3.